The number of piperazine rings is 1. The maximum Gasteiger partial charge on any atom is 0.223 e. The summed E-state index contributed by atoms with van der Waals surface area (Å²) in [6, 6.07) is 0. The zero-order chi connectivity index (χ0) is 13.1. The minimum Gasteiger partial charge on any atom is -0.340 e. The third kappa shape index (κ3) is 4.46. The van der Waals surface area contributed by atoms with Crippen molar-refractivity contribution < 1.29 is 9.59 Å². The van der Waals surface area contributed by atoms with E-state index < -0.39 is 0 Å². The quantitative estimate of drug-likeness (QED) is 0.743. The van der Waals surface area contributed by atoms with Crippen LogP contribution in [0.15, 0.2) is 0 Å². The molecule has 0 atom stereocenters. The van der Waals surface area contributed by atoms with Crippen LogP contribution in [0.4, 0.5) is 0 Å². The van der Waals surface area contributed by atoms with E-state index in [-0.39, 0.29) is 17.1 Å². The Morgan fingerprint density at radius 1 is 1.00 bits per heavy atom. The van der Waals surface area contributed by atoms with Gasteiger partial charge >= 0.3 is 0 Å². The van der Waals surface area contributed by atoms with Gasteiger partial charge in [-0.3, -0.25) is 9.59 Å². The van der Waals surface area contributed by atoms with Crippen LogP contribution in [0, 0.1) is 5.41 Å². The van der Waals surface area contributed by atoms with Crippen LogP contribution in [0.25, 0.3) is 0 Å². The lowest BCUT2D eigenvalue weighted by Gasteiger charge is -2.32. The zero-order valence-corrected chi connectivity index (χ0v) is 11.5. The van der Waals surface area contributed by atoms with Gasteiger partial charge in [0.1, 0.15) is 5.78 Å². The molecule has 0 saturated carbocycles. The highest BCUT2D eigenvalue weighted by Crippen LogP contribution is 2.18. The number of nitrogens with zero attached hydrogens (tertiary/aromatic N) is 2. The number of rotatable bonds is 3. The summed E-state index contributed by atoms with van der Waals surface area (Å²) in [4.78, 5) is 27.7. The van der Waals surface area contributed by atoms with Crippen LogP contribution in [0.2, 0.25) is 0 Å². The summed E-state index contributed by atoms with van der Waals surface area (Å²) in [6.07, 6.45) is 0.731. The highest BCUT2D eigenvalue weighted by Gasteiger charge is 2.24. The second kappa shape index (κ2) is 5.63. The fourth-order valence-corrected chi connectivity index (χ4v) is 1.81. The molecule has 1 rings (SSSR count). The van der Waals surface area contributed by atoms with Crippen LogP contribution in [0.3, 0.4) is 0 Å². The molecule has 1 aliphatic heterocycles. The monoisotopic (exact) mass is 240 g/mol. The van der Waals surface area contributed by atoms with E-state index in [9.17, 15) is 9.59 Å². The van der Waals surface area contributed by atoms with Crippen LogP contribution in [-0.2, 0) is 9.59 Å². The number of likely N-dealkylation sites (N-methyl/N-ethyl adjacent to an activating group) is 1. The van der Waals surface area contributed by atoms with Crippen molar-refractivity contribution in [1.82, 2.24) is 9.80 Å². The molecule has 17 heavy (non-hydrogen) atoms. The second-order valence-corrected chi connectivity index (χ2v) is 5.86. The summed E-state index contributed by atoms with van der Waals surface area (Å²) >= 11 is 0. The molecule has 0 N–H and O–H groups in total. The molecule has 4 nitrogen and oxygen atoms in total. The molecular formula is C13H24N2O2. The van der Waals surface area contributed by atoms with Crippen LogP contribution in [0.1, 0.15) is 33.6 Å². The van der Waals surface area contributed by atoms with E-state index in [1.54, 1.807) is 0 Å². The van der Waals surface area contributed by atoms with E-state index in [2.05, 4.69) is 11.9 Å². The van der Waals surface area contributed by atoms with Crippen molar-refractivity contribution in [3.63, 3.8) is 0 Å². The molecule has 1 aliphatic rings. The van der Waals surface area contributed by atoms with E-state index >= 15 is 0 Å². The molecule has 0 radical (unpaired) electrons. The molecule has 1 fully saturated rings. The lowest BCUT2D eigenvalue weighted by molar-refractivity contribution is -0.136. The number of hydrogen-bond acceptors (Lipinski definition) is 3. The Morgan fingerprint density at radius 2 is 1.53 bits per heavy atom. The van der Waals surface area contributed by atoms with E-state index in [4.69, 9.17) is 0 Å². The molecule has 0 aliphatic carbocycles. The Kier molecular flexibility index (Phi) is 4.69. The van der Waals surface area contributed by atoms with Gasteiger partial charge in [0.15, 0.2) is 0 Å². The Labute approximate surface area is 104 Å². The normalized spacial score (nSPS) is 18.2. The predicted molar refractivity (Wildman–Crippen MR) is 67.8 cm³/mol. The summed E-state index contributed by atoms with van der Waals surface area (Å²) in [6.45, 7) is 9.14. The van der Waals surface area contributed by atoms with Gasteiger partial charge in [0.2, 0.25) is 5.91 Å². The molecule has 0 aromatic heterocycles. The summed E-state index contributed by atoms with van der Waals surface area (Å²) in [5.41, 5.74) is -0.331. The van der Waals surface area contributed by atoms with Crippen LogP contribution in [-0.4, -0.2) is 54.7 Å². The molecule has 0 unspecified atom stereocenters. The molecule has 1 saturated heterocycles. The second-order valence-electron chi connectivity index (χ2n) is 5.86. The predicted octanol–water partition coefficient (Wildman–Crippen LogP) is 1.16. The number of hydrogen-bond donors (Lipinski definition) is 0. The van der Waals surface area contributed by atoms with Gasteiger partial charge in [-0.15, -0.1) is 0 Å². The third-order valence-corrected chi connectivity index (χ3v) is 3.26. The maximum absolute atomic E-state index is 11.9. The van der Waals surface area contributed by atoms with Crippen molar-refractivity contribution in [2.45, 2.75) is 33.6 Å². The topological polar surface area (TPSA) is 40.6 Å². The van der Waals surface area contributed by atoms with Gasteiger partial charge in [0, 0.05) is 44.4 Å². The summed E-state index contributed by atoms with van der Waals surface area (Å²) < 4.78 is 0. The van der Waals surface area contributed by atoms with E-state index in [0.717, 1.165) is 26.2 Å². The number of carbonyl (C=O) groups is 2. The maximum atomic E-state index is 11.9. The van der Waals surface area contributed by atoms with Gasteiger partial charge in [-0.05, 0) is 7.05 Å². The molecule has 1 amide bonds. The summed E-state index contributed by atoms with van der Waals surface area (Å²) in [7, 11) is 2.06. The van der Waals surface area contributed by atoms with Crippen molar-refractivity contribution in [2.75, 3.05) is 33.2 Å². The van der Waals surface area contributed by atoms with Crippen LogP contribution in [0.5, 0.6) is 0 Å². The number of carbonyl (C=O) groups excluding carboxylic acids is 2. The largest absolute Gasteiger partial charge is 0.340 e. The molecule has 0 bridgehead atoms. The molecular weight excluding hydrogens is 216 g/mol. The first-order chi connectivity index (χ1) is 7.80. The first-order valence-corrected chi connectivity index (χ1v) is 6.30. The smallest absolute Gasteiger partial charge is 0.223 e. The Morgan fingerprint density at radius 3 is 2.00 bits per heavy atom. The highest BCUT2D eigenvalue weighted by atomic mass is 16.2. The lowest BCUT2D eigenvalue weighted by atomic mass is 9.88. The number of ketones is 1. The fraction of sp³-hybridized carbons (Fsp3) is 0.846. The number of Topliss-reactive ketones (excluding diaryl/α,β-unsaturated/α-hetero) is 1. The Balaban J connectivity index is 2.33. The minimum atomic E-state index is -0.331. The summed E-state index contributed by atoms with van der Waals surface area (Å²) in [5.74, 6) is 0.288. The van der Waals surface area contributed by atoms with Crippen molar-refractivity contribution >= 4 is 11.7 Å². The van der Waals surface area contributed by atoms with Gasteiger partial charge in [-0.1, -0.05) is 20.8 Å². The number of amides is 1. The van der Waals surface area contributed by atoms with Gasteiger partial charge < -0.3 is 9.80 Å². The summed E-state index contributed by atoms with van der Waals surface area (Å²) in [5, 5.41) is 0. The van der Waals surface area contributed by atoms with E-state index in [1.807, 2.05) is 25.7 Å². The van der Waals surface area contributed by atoms with Crippen molar-refractivity contribution in [3.05, 3.63) is 0 Å². The van der Waals surface area contributed by atoms with Crippen molar-refractivity contribution in [1.29, 1.82) is 0 Å². The average molecular weight is 240 g/mol. The van der Waals surface area contributed by atoms with Crippen LogP contribution < -0.4 is 0 Å². The first-order valence-electron chi connectivity index (χ1n) is 6.30. The highest BCUT2D eigenvalue weighted by molar-refractivity contribution is 5.88. The molecule has 0 aromatic rings. The van der Waals surface area contributed by atoms with Crippen molar-refractivity contribution in [3.8, 4) is 0 Å². The van der Waals surface area contributed by atoms with Gasteiger partial charge in [0.05, 0.1) is 0 Å². The Hall–Kier alpha value is -0.900. The van der Waals surface area contributed by atoms with E-state index in [1.165, 1.54) is 0 Å². The standard InChI is InChI=1S/C13H24N2O2/c1-13(2,3)11(16)5-6-12(17)15-9-7-14(4)8-10-15/h5-10H2,1-4H3. The van der Waals surface area contributed by atoms with Gasteiger partial charge in [-0.25, -0.2) is 0 Å². The van der Waals surface area contributed by atoms with Gasteiger partial charge in [-0.2, -0.15) is 0 Å². The zero-order valence-electron chi connectivity index (χ0n) is 11.5. The third-order valence-electron chi connectivity index (χ3n) is 3.26. The Bertz CT molecular complexity index is 286. The molecule has 98 valence electrons. The van der Waals surface area contributed by atoms with Gasteiger partial charge in [0.25, 0.3) is 0 Å². The molecule has 0 spiro atoms. The van der Waals surface area contributed by atoms with Crippen molar-refractivity contribution in [2.24, 2.45) is 5.41 Å². The fourth-order valence-electron chi connectivity index (χ4n) is 1.81. The molecule has 0 aromatic carbocycles. The minimum absolute atomic E-state index is 0.121. The average Bonchev–Trinajstić information content (AvgIpc) is 2.25. The molecule has 4 heteroatoms. The van der Waals surface area contributed by atoms with Crippen LogP contribution >= 0.6 is 0 Å². The lowest BCUT2D eigenvalue weighted by Crippen LogP contribution is -2.47. The first kappa shape index (κ1) is 14.2. The SMILES string of the molecule is CN1CCN(C(=O)CCC(=O)C(C)(C)C)CC1. The van der Waals surface area contributed by atoms with E-state index in [0.29, 0.717) is 12.8 Å². The molecule has 1 heterocycles.